The third kappa shape index (κ3) is 4.34. The number of anilines is 1. The molecule has 4 aromatic rings. The zero-order valence-corrected chi connectivity index (χ0v) is 19.8. The smallest absolute Gasteiger partial charge is 0.250 e. The number of hydrogen-bond acceptors (Lipinski definition) is 9. The first-order valence-corrected chi connectivity index (χ1v) is 11.4. The lowest BCUT2D eigenvalue weighted by Crippen LogP contribution is -2.37. The molecule has 1 fully saturated rings. The van der Waals surface area contributed by atoms with Crippen LogP contribution in [0, 0.1) is 17.1 Å². The van der Waals surface area contributed by atoms with Crippen LogP contribution in [0.1, 0.15) is 12.5 Å². The Hall–Kier alpha value is -4.43. The number of pyridine rings is 3. The van der Waals surface area contributed by atoms with Crippen LogP contribution in [0.2, 0.25) is 0 Å². The summed E-state index contributed by atoms with van der Waals surface area (Å²) in [5, 5.41) is 13.8. The molecule has 0 unspecified atom stereocenters. The number of nitrogens with two attached hydrogens (primary N) is 1. The van der Waals surface area contributed by atoms with Gasteiger partial charge in [0.25, 0.3) is 0 Å². The van der Waals surface area contributed by atoms with Crippen molar-refractivity contribution >= 4 is 11.3 Å². The molecule has 5 rings (SSSR count). The van der Waals surface area contributed by atoms with E-state index in [1.807, 2.05) is 30.0 Å². The molecule has 36 heavy (non-hydrogen) atoms. The minimum atomic E-state index is -0.601. The van der Waals surface area contributed by atoms with Gasteiger partial charge in [-0.15, -0.1) is 0 Å². The van der Waals surface area contributed by atoms with Crippen molar-refractivity contribution in [3.05, 3.63) is 60.4 Å². The van der Waals surface area contributed by atoms with Crippen LogP contribution in [-0.4, -0.2) is 58.5 Å². The summed E-state index contributed by atoms with van der Waals surface area (Å²) in [6, 6.07) is 8.84. The van der Waals surface area contributed by atoms with Gasteiger partial charge < -0.3 is 24.8 Å². The summed E-state index contributed by atoms with van der Waals surface area (Å²) < 4.78 is 32.1. The molecular weight excluding hydrogens is 465 g/mol. The minimum Gasteiger partial charge on any atom is -0.492 e. The van der Waals surface area contributed by atoms with Gasteiger partial charge in [-0.05, 0) is 25.1 Å². The average molecular weight is 490 g/mol. The summed E-state index contributed by atoms with van der Waals surface area (Å²) in [7, 11) is 1.35. The maximum Gasteiger partial charge on any atom is 0.250 e. The van der Waals surface area contributed by atoms with E-state index in [1.165, 1.54) is 25.6 Å². The Morgan fingerprint density at radius 3 is 2.72 bits per heavy atom. The van der Waals surface area contributed by atoms with Gasteiger partial charge in [0.1, 0.15) is 29.5 Å². The number of nitrogens with zero attached hydrogens (tertiary/aromatic N) is 6. The molecule has 11 heteroatoms. The molecule has 0 aromatic carbocycles. The number of nitriles is 1. The normalized spacial score (nSPS) is 17.2. The van der Waals surface area contributed by atoms with Gasteiger partial charge in [0.2, 0.25) is 5.88 Å². The number of ether oxygens (including phenoxy) is 3. The summed E-state index contributed by atoms with van der Waals surface area (Å²) in [4.78, 5) is 10.6. The van der Waals surface area contributed by atoms with Crippen LogP contribution in [0.5, 0.6) is 17.4 Å². The number of methoxy groups -OCH3 is 1. The number of halogens is 1. The first-order chi connectivity index (χ1) is 17.5. The zero-order valence-electron chi connectivity index (χ0n) is 19.8. The molecule has 5 heterocycles. The van der Waals surface area contributed by atoms with Gasteiger partial charge in [0, 0.05) is 29.9 Å². The van der Waals surface area contributed by atoms with E-state index in [2.05, 4.69) is 21.1 Å². The monoisotopic (exact) mass is 489 g/mol. The summed E-state index contributed by atoms with van der Waals surface area (Å²) in [6.07, 6.45) is 6.08. The van der Waals surface area contributed by atoms with Gasteiger partial charge in [-0.25, -0.2) is 18.9 Å². The highest BCUT2D eigenvalue weighted by Crippen LogP contribution is 2.32. The van der Waals surface area contributed by atoms with Crippen molar-refractivity contribution in [2.45, 2.75) is 19.1 Å². The second-order valence-electron chi connectivity index (χ2n) is 8.28. The molecule has 0 saturated carbocycles. The number of aromatic nitrogens is 4. The molecule has 1 aliphatic rings. The number of hydrogen-bond donors (Lipinski definition) is 1. The Morgan fingerprint density at radius 2 is 2.03 bits per heavy atom. The van der Waals surface area contributed by atoms with Crippen molar-refractivity contribution in [2.75, 3.05) is 31.7 Å². The van der Waals surface area contributed by atoms with E-state index < -0.39 is 5.82 Å². The summed E-state index contributed by atoms with van der Waals surface area (Å²) in [5.74, 6) is 0.963. The molecule has 0 spiro atoms. The molecule has 0 radical (unpaired) electrons. The molecule has 0 bridgehead atoms. The molecule has 0 aliphatic carbocycles. The second-order valence-corrected chi connectivity index (χ2v) is 8.28. The van der Waals surface area contributed by atoms with Crippen molar-refractivity contribution in [1.29, 1.82) is 5.26 Å². The minimum absolute atomic E-state index is 0.0918. The fourth-order valence-electron chi connectivity index (χ4n) is 4.29. The SMILES string of the molecule is CCOc1cc(-c2ccc(N3C[C@H](Oc4cnc(OC)c(F)c4)[C@@H](N)C3)nc2)c2c(C#N)cnn2c1. The van der Waals surface area contributed by atoms with Gasteiger partial charge in [0.05, 0.1) is 56.0 Å². The highest BCUT2D eigenvalue weighted by Gasteiger charge is 2.33. The lowest BCUT2D eigenvalue weighted by Gasteiger charge is -2.18. The van der Waals surface area contributed by atoms with E-state index in [9.17, 15) is 9.65 Å². The zero-order chi connectivity index (χ0) is 25.2. The molecule has 10 nitrogen and oxygen atoms in total. The maximum atomic E-state index is 14.0. The van der Waals surface area contributed by atoms with Crippen molar-refractivity contribution in [3.8, 4) is 34.6 Å². The molecule has 1 aliphatic heterocycles. The first kappa shape index (κ1) is 23.3. The second kappa shape index (κ2) is 9.67. The van der Waals surface area contributed by atoms with E-state index in [-0.39, 0.29) is 23.8 Å². The topological polar surface area (TPSA) is 124 Å². The van der Waals surface area contributed by atoms with Gasteiger partial charge in [-0.3, -0.25) is 0 Å². The van der Waals surface area contributed by atoms with E-state index in [4.69, 9.17) is 19.9 Å². The number of fused-ring (bicyclic) bond motifs is 1. The van der Waals surface area contributed by atoms with Crippen LogP contribution >= 0.6 is 0 Å². The fraction of sp³-hybridized carbons (Fsp3) is 0.280. The predicted molar refractivity (Wildman–Crippen MR) is 130 cm³/mol. The lowest BCUT2D eigenvalue weighted by atomic mass is 10.1. The van der Waals surface area contributed by atoms with Crippen molar-refractivity contribution < 1.29 is 18.6 Å². The Morgan fingerprint density at radius 1 is 1.17 bits per heavy atom. The quantitative estimate of drug-likeness (QED) is 0.417. The molecular formula is C25H24FN7O3. The molecule has 0 amide bonds. The van der Waals surface area contributed by atoms with E-state index in [0.717, 1.165) is 16.9 Å². The van der Waals surface area contributed by atoms with Crippen LogP contribution in [0.4, 0.5) is 10.2 Å². The van der Waals surface area contributed by atoms with Crippen LogP contribution in [0.25, 0.3) is 16.6 Å². The van der Waals surface area contributed by atoms with Crippen molar-refractivity contribution in [2.24, 2.45) is 5.73 Å². The maximum absolute atomic E-state index is 14.0. The third-order valence-electron chi connectivity index (χ3n) is 5.97. The summed E-state index contributed by atoms with van der Waals surface area (Å²) >= 11 is 0. The highest BCUT2D eigenvalue weighted by atomic mass is 19.1. The largest absolute Gasteiger partial charge is 0.492 e. The molecule has 2 atom stereocenters. The Bertz CT molecular complexity index is 1430. The summed E-state index contributed by atoms with van der Waals surface area (Å²) in [6.45, 7) is 3.41. The predicted octanol–water partition coefficient (Wildman–Crippen LogP) is 2.80. The molecule has 4 aromatic heterocycles. The number of rotatable bonds is 7. The summed E-state index contributed by atoms with van der Waals surface area (Å²) in [5.41, 5.74) is 9.07. The Balaban J connectivity index is 1.37. The van der Waals surface area contributed by atoms with Gasteiger partial charge in [0.15, 0.2) is 5.82 Å². The van der Waals surface area contributed by atoms with Crippen molar-refractivity contribution in [1.82, 2.24) is 19.6 Å². The third-order valence-corrected chi connectivity index (χ3v) is 5.97. The highest BCUT2D eigenvalue weighted by molar-refractivity contribution is 5.85. The van der Waals surface area contributed by atoms with E-state index >= 15 is 0 Å². The standard InChI is InChI=1S/C25H24FN7O3/c1-3-35-18-6-19(24-16(8-27)10-31-33(24)12-18)15-4-5-23(29-9-15)32-13-21(28)22(14-32)36-17-7-20(26)25(34-2)30-11-17/h4-7,9-12,21-22H,3,13-14,28H2,1-2H3/t21-,22-/m0/s1. The van der Waals surface area contributed by atoms with E-state index in [1.54, 1.807) is 16.9 Å². The van der Waals surface area contributed by atoms with E-state index in [0.29, 0.717) is 36.5 Å². The van der Waals surface area contributed by atoms with Gasteiger partial charge >= 0.3 is 0 Å². The van der Waals surface area contributed by atoms with Crippen LogP contribution in [0.3, 0.4) is 0 Å². The van der Waals surface area contributed by atoms with Crippen LogP contribution in [0.15, 0.2) is 49.1 Å². The fourth-order valence-corrected chi connectivity index (χ4v) is 4.29. The molecule has 184 valence electrons. The van der Waals surface area contributed by atoms with Gasteiger partial charge in [-0.1, -0.05) is 0 Å². The molecule has 1 saturated heterocycles. The lowest BCUT2D eigenvalue weighted by molar-refractivity contribution is 0.204. The van der Waals surface area contributed by atoms with Crippen LogP contribution < -0.4 is 24.8 Å². The molecule has 2 N–H and O–H groups in total. The Labute approximate surface area is 206 Å². The first-order valence-electron chi connectivity index (χ1n) is 11.4. The Kier molecular flexibility index (Phi) is 6.26. The van der Waals surface area contributed by atoms with Crippen LogP contribution in [-0.2, 0) is 0 Å². The van der Waals surface area contributed by atoms with Crippen molar-refractivity contribution in [3.63, 3.8) is 0 Å². The van der Waals surface area contributed by atoms with Gasteiger partial charge in [-0.2, -0.15) is 10.4 Å². The average Bonchev–Trinajstić information content (AvgIpc) is 3.47.